The van der Waals surface area contributed by atoms with E-state index in [-0.39, 0.29) is 17.6 Å². The number of furan rings is 1. The zero-order valence-electron chi connectivity index (χ0n) is 20.0. The van der Waals surface area contributed by atoms with Gasteiger partial charge in [0.05, 0.1) is 29.8 Å². The summed E-state index contributed by atoms with van der Waals surface area (Å²) in [5.41, 5.74) is -0.738. The number of hydrogen-bond acceptors (Lipinski definition) is 5. The van der Waals surface area contributed by atoms with Gasteiger partial charge >= 0.3 is 0 Å². The molecule has 0 radical (unpaired) electrons. The Bertz CT molecular complexity index is 1470. The van der Waals surface area contributed by atoms with Crippen molar-refractivity contribution in [2.45, 2.75) is 18.9 Å². The first-order valence-corrected chi connectivity index (χ1v) is 11.9. The van der Waals surface area contributed by atoms with Gasteiger partial charge < -0.3 is 14.6 Å². The first kappa shape index (κ1) is 25.0. The fourth-order valence-corrected chi connectivity index (χ4v) is 4.29. The van der Waals surface area contributed by atoms with Gasteiger partial charge in [0, 0.05) is 25.4 Å². The van der Waals surface area contributed by atoms with Crippen molar-refractivity contribution in [3.8, 4) is 11.3 Å². The smallest absolute Gasteiger partial charge is 0.272 e. The van der Waals surface area contributed by atoms with E-state index in [1.54, 1.807) is 40.2 Å². The zero-order chi connectivity index (χ0) is 26.6. The van der Waals surface area contributed by atoms with Crippen LogP contribution in [0, 0.1) is 17.5 Å². The standard InChI is InChI=1S/C27H22F3N5O3/c28-20-4-1-5-21(29)25(20)26-22(30)7-8-23(33-26)27(37)34-12-10-18(11-13-34)35-16-17(15-31-35)32-24(36)9-6-19-3-2-14-38-19/h1-9,14-16,18H,10-13H2,(H,32,36)/b9-6+. The van der Waals surface area contributed by atoms with Crippen molar-refractivity contribution in [1.29, 1.82) is 0 Å². The highest BCUT2D eigenvalue weighted by molar-refractivity contribution is 6.01. The Morgan fingerprint density at radius 2 is 1.76 bits per heavy atom. The molecule has 0 atom stereocenters. The molecule has 1 aromatic carbocycles. The second-order valence-corrected chi connectivity index (χ2v) is 8.69. The minimum Gasteiger partial charge on any atom is -0.465 e. The molecule has 5 rings (SSSR count). The molecule has 4 aromatic rings. The Hall–Kier alpha value is -4.67. The summed E-state index contributed by atoms with van der Waals surface area (Å²) < 4.78 is 49.7. The molecule has 8 nitrogen and oxygen atoms in total. The van der Waals surface area contributed by atoms with Crippen LogP contribution in [0.2, 0.25) is 0 Å². The van der Waals surface area contributed by atoms with Crippen molar-refractivity contribution in [3.05, 3.63) is 96.1 Å². The normalized spacial score (nSPS) is 14.2. The highest BCUT2D eigenvalue weighted by Gasteiger charge is 2.27. The summed E-state index contributed by atoms with van der Waals surface area (Å²) in [5, 5.41) is 7.07. The molecular weight excluding hydrogens is 499 g/mol. The molecule has 0 unspecified atom stereocenters. The van der Waals surface area contributed by atoms with Gasteiger partial charge in [-0.2, -0.15) is 5.10 Å². The lowest BCUT2D eigenvalue weighted by atomic mass is 10.0. The largest absolute Gasteiger partial charge is 0.465 e. The summed E-state index contributed by atoms with van der Waals surface area (Å²) in [6.45, 7) is 0.749. The van der Waals surface area contributed by atoms with Crippen molar-refractivity contribution in [1.82, 2.24) is 19.7 Å². The lowest BCUT2D eigenvalue weighted by Crippen LogP contribution is -2.39. The zero-order valence-corrected chi connectivity index (χ0v) is 20.0. The second-order valence-electron chi connectivity index (χ2n) is 8.69. The number of piperidine rings is 1. The van der Waals surface area contributed by atoms with Gasteiger partial charge in [-0.15, -0.1) is 0 Å². The van der Waals surface area contributed by atoms with Crippen molar-refractivity contribution >= 4 is 23.6 Å². The summed E-state index contributed by atoms with van der Waals surface area (Å²) in [5.74, 6) is -3.10. The number of likely N-dealkylation sites (tertiary alicyclic amines) is 1. The topological polar surface area (TPSA) is 93.3 Å². The molecule has 0 aliphatic carbocycles. The minimum absolute atomic E-state index is 0.00684. The molecule has 2 amide bonds. The van der Waals surface area contributed by atoms with Gasteiger partial charge in [0.2, 0.25) is 5.91 Å². The highest BCUT2D eigenvalue weighted by atomic mass is 19.1. The fourth-order valence-electron chi connectivity index (χ4n) is 4.29. The van der Waals surface area contributed by atoms with Gasteiger partial charge in [-0.05, 0) is 55.3 Å². The number of halogens is 3. The Morgan fingerprint density at radius 3 is 2.47 bits per heavy atom. The molecule has 38 heavy (non-hydrogen) atoms. The van der Waals surface area contributed by atoms with E-state index in [4.69, 9.17) is 4.42 Å². The third-order valence-electron chi connectivity index (χ3n) is 6.20. The van der Waals surface area contributed by atoms with E-state index < -0.39 is 34.6 Å². The molecule has 4 heterocycles. The molecule has 1 aliphatic heterocycles. The lowest BCUT2D eigenvalue weighted by molar-refractivity contribution is -0.111. The molecule has 0 bridgehead atoms. The van der Waals surface area contributed by atoms with E-state index in [0.717, 1.165) is 18.2 Å². The summed E-state index contributed by atoms with van der Waals surface area (Å²) in [6, 6.07) is 8.81. The van der Waals surface area contributed by atoms with Gasteiger partial charge in [-0.25, -0.2) is 18.2 Å². The van der Waals surface area contributed by atoms with E-state index in [1.807, 2.05) is 0 Å². The average molecular weight is 521 g/mol. The summed E-state index contributed by atoms with van der Waals surface area (Å²) >= 11 is 0. The van der Waals surface area contributed by atoms with E-state index in [9.17, 15) is 22.8 Å². The Morgan fingerprint density at radius 1 is 1.00 bits per heavy atom. The lowest BCUT2D eigenvalue weighted by Gasteiger charge is -2.32. The SMILES string of the molecule is O=C(/C=C/c1ccco1)Nc1cnn(C2CCN(C(=O)c3ccc(F)c(-c4c(F)cccc4F)n3)CC2)c1. The van der Waals surface area contributed by atoms with E-state index in [1.165, 1.54) is 24.5 Å². The Balaban J connectivity index is 1.21. The van der Waals surface area contributed by atoms with E-state index in [0.29, 0.717) is 37.4 Å². The number of benzene rings is 1. The summed E-state index contributed by atoms with van der Waals surface area (Å²) in [7, 11) is 0. The van der Waals surface area contributed by atoms with Crippen molar-refractivity contribution in [3.63, 3.8) is 0 Å². The van der Waals surface area contributed by atoms with Gasteiger partial charge in [0.15, 0.2) is 0 Å². The van der Waals surface area contributed by atoms with E-state index in [2.05, 4.69) is 15.4 Å². The molecule has 0 saturated carbocycles. The van der Waals surface area contributed by atoms with Crippen LogP contribution in [0.4, 0.5) is 18.9 Å². The molecule has 1 saturated heterocycles. The maximum atomic E-state index is 14.4. The minimum atomic E-state index is -0.967. The van der Waals surface area contributed by atoms with Crippen molar-refractivity contribution in [2.75, 3.05) is 18.4 Å². The molecule has 1 aliphatic rings. The van der Waals surface area contributed by atoms with E-state index >= 15 is 0 Å². The first-order chi connectivity index (χ1) is 18.4. The van der Waals surface area contributed by atoms with Crippen LogP contribution < -0.4 is 5.32 Å². The monoisotopic (exact) mass is 521 g/mol. The van der Waals surface area contributed by atoms with Crippen LogP contribution in [0.15, 0.2) is 71.6 Å². The molecule has 3 aromatic heterocycles. The molecular formula is C27H22F3N5O3. The van der Waals surface area contributed by atoms with Crippen molar-refractivity contribution in [2.24, 2.45) is 0 Å². The molecule has 0 spiro atoms. The number of aromatic nitrogens is 3. The molecule has 11 heteroatoms. The number of nitrogens with zero attached hydrogens (tertiary/aromatic N) is 4. The average Bonchev–Trinajstić information content (AvgIpc) is 3.61. The number of anilines is 1. The first-order valence-electron chi connectivity index (χ1n) is 11.9. The Kier molecular flexibility index (Phi) is 7.07. The van der Waals surface area contributed by atoms with Gasteiger partial charge in [-0.1, -0.05) is 6.07 Å². The van der Waals surface area contributed by atoms with Gasteiger partial charge in [-0.3, -0.25) is 14.3 Å². The summed E-state index contributed by atoms with van der Waals surface area (Å²) in [4.78, 5) is 30.7. The third kappa shape index (κ3) is 5.36. The van der Waals surface area contributed by atoms with Crippen LogP contribution in [0.3, 0.4) is 0 Å². The number of nitrogens with one attached hydrogen (secondary N) is 1. The van der Waals surface area contributed by atoms with Gasteiger partial charge in [0.25, 0.3) is 5.91 Å². The fraction of sp³-hybridized carbons (Fsp3) is 0.185. The molecule has 1 fully saturated rings. The number of carbonyl (C=O) groups excluding carboxylic acids is 2. The number of pyridine rings is 1. The third-order valence-corrected chi connectivity index (χ3v) is 6.20. The van der Waals surface area contributed by atoms with Crippen LogP contribution in [0.1, 0.15) is 35.1 Å². The molecule has 1 N–H and O–H groups in total. The predicted molar refractivity (Wildman–Crippen MR) is 132 cm³/mol. The van der Waals surface area contributed by atoms with Crippen LogP contribution in [-0.2, 0) is 4.79 Å². The van der Waals surface area contributed by atoms with Crippen LogP contribution in [0.25, 0.3) is 17.3 Å². The highest BCUT2D eigenvalue weighted by Crippen LogP contribution is 2.28. The maximum Gasteiger partial charge on any atom is 0.272 e. The maximum absolute atomic E-state index is 14.4. The predicted octanol–water partition coefficient (Wildman–Crippen LogP) is 5.08. The van der Waals surface area contributed by atoms with Gasteiger partial charge in [0.1, 0.15) is 34.6 Å². The Labute approximate surface area is 215 Å². The second kappa shape index (κ2) is 10.8. The summed E-state index contributed by atoms with van der Waals surface area (Å²) in [6.07, 6.45) is 8.85. The quantitative estimate of drug-likeness (QED) is 0.357. The van der Waals surface area contributed by atoms with Crippen LogP contribution in [-0.4, -0.2) is 44.6 Å². The number of rotatable bonds is 6. The number of amides is 2. The number of hydrogen-bond donors (Lipinski definition) is 1. The number of carbonyl (C=O) groups is 2. The molecule has 194 valence electrons. The van der Waals surface area contributed by atoms with Crippen molar-refractivity contribution < 1.29 is 27.2 Å². The van der Waals surface area contributed by atoms with Crippen LogP contribution in [0.5, 0.6) is 0 Å². The van der Waals surface area contributed by atoms with Crippen LogP contribution >= 0.6 is 0 Å².